The number of nitrogens with zero attached hydrogens (tertiary/aromatic N) is 3. The maximum Gasteiger partial charge on any atom is 0.416 e. The minimum Gasteiger partial charge on any atom is -0.333 e. The zero-order chi connectivity index (χ0) is 43.2. The van der Waals surface area contributed by atoms with Crippen molar-refractivity contribution in [3.05, 3.63) is 94.0 Å². The summed E-state index contributed by atoms with van der Waals surface area (Å²) in [5.74, 6) is 1.02. The molecular formula is C49H76F3N3O2. The Hall–Kier alpha value is -3.68. The van der Waals surface area contributed by atoms with Crippen LogP contribution in [0.25, 0.3) is 5.65 Å². The van der Waals surface area contributed by atoms with Gasteiger partial charge in [0.1, 0.15) is 11.3 Å². The lowest BCUT2D eigenvalue weighted by atomic mass is 9.73. The number of halogens is 3. The van der Waals surface area contributed by atoms with Gasteiger partial charge < -0.3 is 4.90 Å². The first-order valence-corrected chi connectivity index (χ1v) is 21.9. The number of allylic oxidation sites excluding steroid dienone is 2. The van der Waals surface area contributed by atoms with Gasteiger partial charge in [0.15, 0.2) is 5.78 Å². The molecule has 1 unspecified atom stereocenters. The van der Waals surface area contributed by atoms with Crippen molar-refractivity contribution < 1.29 is 22.8 Å². The number of ketones is 1. The van der Waals surface area contributed by atoms with E-state index in [-0.39, 0.29) is 11.7 Å². The fourth-order valence-electron chi connectivity index (χ4n) is 7.43. The van der Waals surface area contributed by atoms with Gasteiger partial charge in [0.05, 0.1) is 11.8 Å². The van der Waals surface area contributed by atoms with Gasteiger partial charge >= 0.3 is 6.18 Å². The maximum atomic E-state index is 13.3. The number of hydrogen-bond acceptors (Lipinski definition) is 3. The molecule has 1 atom stereocenters. The van der Waals surface area contributed by atoms with E-state index in [1.807, 2.05) is 49.3 Å². The number of amides is 1. The van der Waals surface area contributed by atoms with Crippen molar-refractivity contribution in [2.75, 3.05) is 13.1 Å². The number of rotatable bonds is 16. The van der Waals surface area contributed by atoms with Gasteiger partial charge in [0.25, 0.3) is 5.91 Å². The molecule has 0 radical (unpaired) electrons. The van der Waals surface area contributed by atoms with Crippen molar-refractivity contribution in [1.82, 2.24) is 14.3 Å². The number of carbonyl (C=O) groups is 2. The van der Waals surface area contributed by atoms with Gasteiger partial charge in [-0.2, -0.15) is 13.2 Å². The number of imidazole rings is 1. The van der Waals surface area contributed by atoms with Crippen molar-refractivity contribution in [3.8, 4) is 0 Å². The lowest BCUT2D eigenvalue weighted by molar-refractivity contribution is -0.137. The van der Waals surface area contributed by atoms with E-state index in [9.17, 15) is 22.8 Å². The molecule has 4 rings (SSSR count). The first kappa shape index (κ1) is 51.3. The summed E-state index contributed by atoms with van der Waals surface area (Å²) < 4.78 is 38.5. The third kappa shape index (κ3) is 16.2. The minimum absolute atomic E-state index is 0.00566. The quantitative estimate of drug-likeness (QED) is 0.107. The summed E-state index contributed by atoms with van der Waals surface area (Å²) in [7, 11) is 0. The highest BCUT2D eigenvalue weighted by Crippen LogP contribution is 2.38. The van der Waals surface area contributed by atoms with Crippen LogP contribution < -0.4 is 0 Å². The molecule has 57 heavy (non-hydrogen) atoms. The highest BCUT2D eigenvalue weighted by Gasteiger charge is 2.30. The molecule has 5 nitrogen and oxygen atoms in total. The number of alkyl halides is 3. The Morgan fingerprint density at radius 3 is 2.05 bits per heavy atom. The predicted octanol–water partition coefficient (Wildman–Crippen LogP) is 14.5. The molecule has 1 amide bonds. The number of unbranched alkanes of at least 4 members (excludes halogenated alkanes) is 2. The minimum atomic E-state index is -4.22. The summed E-state index contributed by atoms with van der Waals surface area (Å²) in [4.78, 5) is 31.8. The van der Waals surface area contributed by atoms with Gasteiger partial charge in [0, 0.05) is 24.9 Å². The van der Waals surface area contributed by atoms with Crippen LogP contribution in [0, 0.1) is 11.3 Å². The maximum absolute atomic E-state index is 13.3. The summed E-state index contributed by atoms with van der Waals surface area (Å²) >= 11 is 0. The third-order valence-electron chi connectivity index (χ3n) is 11.3. The van der Waals surface area contributed by atoms with Crippen LogP contribution in [0.2, 0.25) is 0 Å². The average Bonchev–Trinajstić information content (AvgIpc) is 3.63. The van der Waals surface area contributed by atoms with Crippen LogP contribution in [0.3, 0.4) is 0 Å². The number of fused-ring (bicyclic) bond motifs is 1. The van der Waals surface area contributed by atoms with Gasteiger partial charge in [0.2, 0.25) is 0 Å². The summed E-state index contributed by atoms with van der Waals surface area (Å²) in [6, 6.07) is 9.53. The van der Waals surface area contributed by atoms with Crippen LogP contribution in [-0.4, -0.2) is 39.1 Å². The molecule has 2 aromatic heterocycles. The van der Waals surface area contributed by atoms with Crippen molar-refractivity contribution in [2.24, 2.45) is 11.3 Å². The lowest BCUT2D eigenvalue weighted by Crippen LogP contribution is -2.37. The monoisotopic (exact) mass is 796 g/mol. The summed E-state index contributed by atoms with van der Waals surface area (Å²) in [5, 5.41) is 0. The van der Waals surface area contributed by atoms with Crippen LogP contribution in [0.4, 0.5) is 13.2 Å². The van der Waals surface area contributed by atoms with E-state index < -0.39 is 11.7 Å². The zero-order valence-corrected chi connectivity index (χ0v) is 37.7. The number of pyridine rings is 1. The van der Waals surface area contributed by atoms with E-state index in [2.05, 4.69) is 65.6 Å². The molecule has 0 saturated heterocycles. The van der Waals surface area contributed by atoms with E-state index in [0.29, 0.717) is 37.0 Å². The number of aryl methyl sites for hydroxylation is 2. The molecule has 0 fully saturated rings. The van der Waals surface area contributed by atoms with E-state index in [1.54, 1.807) is 19.2 Å². The first-order chi connectivity index (χ1) is 27.1. The Labute approximate surface area is 344 Å². The smallest absolute Gasteiger partial charge is 0.333 e. The molecule has 8 heteroatoms. The first-order valence-electron chi connectivity index (χ1n) is 21.9. The molecule has 1 aromatic carbocycles. The lowest BCUT2D eigenvalue weighted by Gasteiger charge is -2.33. The average molecular weight is 796 g/mol. The second kappa shape index (κ2) is 26.3. The van der Waals surface area contributed by atoms with E-state index in [4.69, 9.17) is 0 Å². The van der Waals surface area contributed by atoms with Gasteiger partial charge in [-0.05, 0) is 91.7 Å². The highest BCUT2D eigenvalue weighted by atomic mass is 19.4. The number of benzene rings is 1. The van der Waals surface area contributed by atoms with E-state index in [1.165, 1.54) is 49.8 Å². The van der Waals surface area contributed by atoms with Crippen LogP contribution >= 0.6 is 0 Å². The van der Waals surface area contributed by atoms with Crippen molar-refractivity contribution in [3.63, 3.8) is 0 Å². The summed E-state index contributed by atoms with van der Waals surface area (Å²) in [6.07, 6.45) is 15.8. The topological polar surface area (TPSA) is 54.7 Å². The standard InChI is InChI=1S/C25H33N3O2.C12H26.C10H11F3.C2H6/c1-5-7-8-10-22(19(4)29)21-13-14-27(16-18(21)3)25(30)23-15-26-24-12-11-20(9-6-2)17-28(23)24;1-6-11(5)10-12(7-2,8-3)9-4;1-2-4-8-5-3-6-9(7-8)10(11,12)13;1-2/h10-12,15,17H,5-9,13-14,16H2,1-4H3;11H,6-10H2,1-5H3;3,5-7H,2,4H2,1H3;1-2H3/b22-10-;;;. The van der Waals surface area contributed by atoms with Crippen molar-refractivity contribution in [1.29, 1.82) is 0 Å². The van der Waals surface area contributed by atoms with Gasteiger partial charge in [-0.1, -0.05) is 151 Å². The number of Topliss-reactive ketones (excluding diaryl/α,β-unsaturated/α-hetero) is 1. The Morgan fingerprint density at radius 1 is 0.895 bits per heavy atom. The Bertz CT molecular complexity index is 1690. The molecule has 3 heterocycles. The fourth-order valence-corrected chi connectivity index (χ4v) is 7.43. The third-order valence-corrected chi connectivity index (χ3v) is 11.3. The Kier molecular flexibility index (Phi) is 23.7. The predicted molar refractivity (Wildman–Crippen MR) is 235 cm³/mol. The van der Waals surface area contributed by atoms with Crippen molar-refractivity contribution >= 4 is 17.3 Å². The normalized spacial score (nSPS) is 13.9. The molecule has 0 bridgehead atoms. The second-order valence-electron chi connectivity index (χ2n) is 15.4. The molecule has 320 valence electrons. The fraction of sp³-hybridized carbons (Fsp3) is 0.612. The summed E-state index contributed by atoms with van der Waals surface area (Å²) in [6.45, 7) is 26.8. The number of carbonyl (C=O) groups excluding carboxylic acids is 2. The van der Waals surface area contributed by atoms with Gasteiger partial charge in [-0.15, -0.1) is 0 Å². The second-order valence-corrected chi connectivity index (χ2v) is 15.4. The number of hydrogen-bond donors (Lipinski definition) is 0. The molecule has 0 saturated carbocycles. The molecule has 0 aliphatic carbocycles. The summed E-state index contributed by atoms with van der Waals surface area (Å²) in [5.41, 5.74) is 6.50. The Morgan fingerprint density at radius 2 is 1.53 bits per heavy atom. The molecule has 0 spiro atoms. The molecule has 1 aliphatic rings. The van der Waals surface area contributed by atoms with Gasteiger partial charge in [-0.3, -0.25) is 14.0 Å². The number of aromatic nitrogens is 2. The molecule has 3 aromatic rings. The zero-order valence-electron chi connectivity index (χ0n) is 37.7. The SMILES string of the molecule is CC.CCC(C)CC(CC)(CC)CC.CCCC/C=C(/C(C)=O)C1=C(C)CN(C(=O)c2cnc3ccc(CCC)cn23)CC1.CCCc1cccc(C(F)(F)F)c1. The highest BCUT2D eigenvalue weighted by molar-refractivity contribution is 5.98. The van der Waals surface area contributed by atoms with Crippen LogP contribution in [0.15, 0.2) is 71.6 Å². The molecule has 1 aliphatic heterocycles. The van der Waals surface area contributed by atoms with Crippen LogP contribution in [0.5, 0.6) is 0 Å². The van der Waals surface area contributed by atoms with E-state index in [0.717, 1.165) is 78.4 Å². The van der Waals surface area contributed by atoms with Crippen LogP contribution in [-0.2, 0) is 23.8 Å². The molecule has 0 N–H and O–H groups in total. The van der Waals surface area contributed by atoms with Crippen molar-refractivity contribution in [2.45, 2.75) is 173 Å². The largest absolute Gasteiger partial charge is 0.416 e. The Balaban J connectivity index is 0.000000497. The molecular weight excluding hydrogens is 720 g/mol. The van der Waals surface area contributed by atoms with E-state index >= 15 is 0 Å². The van der Waals surface area contributed by atoms with Crippen LogP contribution in [0.1, 0.15) is 181 Å². The van der Waals surface area contributed by atoms with Gasteiger partial charge in [-0.25, -0.2) is 4.98 Å².